The fourth-order valence-corrected chi connectivity index (χ4v) is 1.80. The van der Waals surface area contributed by atoms with E-state index >= 15 is 0 Å². The average Bonchev–Trinajstić information content (AvgIpc) is 1.85. The third-order valence-corrected chi connectivity index (χ3v) is 4.00. The van der Waals surface area contributed by atoms with Crippen molar-refractivity contribution in [2.24, 2.45) is 0 Å². The molecule has 0 saturated carbocycles. The fourth-order valence-electron chi connectivity index (χ4n) is 0.424. The van der Waals surface area contributed by atoms with Gasteiger partial charge in [-0.1, -0.05) is 34.8 Å². The summed E-state index contributed by atoms with van der Waals surface area (Å²) in [5, 5.41) is 1.56. The van der Waals surface area contributed by atoms with Gasteiger partial charge in [0.15, 0.2) is 0 Å². The molecule has 0 radical (unpaired) electrons. The number of thiocarbonyl (C=S) groups is 1. The zero-order chi connectivity index (χ0) is 9.07. The molecule has 6 heteroatoms. The lowest BCUT2D eigenvalue weighted by Crippen LogP contribution is -2.31. The Hall–Kier alpha value is 0.730. The number of hydrogen-bond donors (Lipinski definition) is 0. The predicted molar refractivity (Wildman–Crippen MR) is 58.9 cm³/mol. The highest BCUT2D eigenvalue weighted by Crippen LogP contribution is 2.02. The van der Waals surface area contributed by atoms with Crippen molar-refractivity contribution in [3.8, 4) is 0 Å². The van der Waals surface area contributed by atoms with Crippen LogP contribution in [0.2, 0.25) is 0 Å². The molecule has 1 atom stereocenters. The van der Waals surface area contributed by atoms with Gasteiger partial charge in [0, 0.05) is 13.6 Å². The van der Waals surface area contributed by atoms with Crippen molar-refractivity contribution in [3.63, 3.8) is 0 Å². The van der Waals surface area contributed by atoms with Gasteiger partial charge in [-0.25, -0.2) is 12.7 Å². The number of hydrogen-bond acceptors (Lipinski definition) is 3. The zero-order valence-electron chi connectivity index (χ0n) is 6.32. The van der Waals surface area contributed by atoms with Crippen LogP contribution in [0.5, 0.6) is 0 Å². The van der Waals surface area contributed by atoms with Crippen molar-refractivity contribution in [3.05, 3.63) is 0 Å². The van der Waals surface area contributed by atoms with Crippen LogP contribution in [0.4, 0.5) is 0 Å². The van der Waals surface area contributed by atoms with Crippen molar-refractivity contribution < 1.29 is 8.42 Å². The van der Waals surface area contributed by atoms with E-state index in [-0.39, 0.29) is 3.92 Å². The number of alkyl halides is 1. The first-order valence-electron chi connectivity index (χ1n) is 2.88. The van der Waals surface area contributed by atoms with E-state index in [0.29, 0.717) is 6.54 Å². The molecule has 0 heterocycles. The number of rotatable bonds is 4. The second kappa shape index (κ2) is 4.68. The Morgan fingerprint density at radius 2 is 2.18 bits per heavy atom. The van der Waals surface area contributed by atoms with Gasteiger partial charge in [-0.05, 0) is 5.37 Å². The van der Waals surface area contributed by atoms with Gasteiger partial charge in [-0.15, -0.1) is 0 Å². The Labute approximate surface area is 86.3 Å². The molecule has 0 bridgehead atoms. The highest BCUT2D eigenvalue weighted by molar-refractivity contribution is 14.1. The largest absolute Gasteiger partial charge is 0.213 e. The van der Waals surface area contributed by atoms with Gasteiger partial charge >= 0.3 is 0 Å². The van der Waals surface area contributed by atoms with Gasteiger partial charge < -0.3 is 0 Å². The SMILES string of the molecule is CN(CC(I)C=S)S(C)(=O)=O. The minimum atomic E-state index is -3.05. The summed E-state index contributed by atoms with van der Waals surface area (Å²) in [6, 6.07) is 0. The lowest BCUT2D eigenvalue weighted by Gasteiger charge is -2.14. The number of sulfonamides is 1. The second-order valence-corrected chi connectivity index (χ2v) is 6.16. The van der Waals surface area contributed by atoms with Gasteiger partial charge in [0.05, 0.1) is 10.2 Å². The standard InChI is InChI=1S/C5H10INO2S2/c1-7(11(2,8)9)3-5(6)4-10/h4-5H,3H2,1-2H3. The Kier molecular flexibility index (Phi) is 4.99. The Balaban J connectivity index is 4.09. The number of nitrogens with zero attached hydrogens (tertiary/aromatic N) is 1. The molecular formula is C5H10INO2S2. The average molecular weight is 307 g/mol. The van der Waals surface area contributed by atoms with E-state index in [1.54, 1.807) is 12.4 Å². The lowest BCUT2D eigenvalue weighted by molar-refractivity contribution is 0.490. The highest BCUT2D eigenvalue weighted by Gasteiger charge is 2.13. The minimum absolute atomic E-state index is 0.0994. The molecule has 0 aromatic rings. The summed E-state index contributed by atoms with van der Waals surface area (Å²) in [6.45, 7) is 0.447. The monoisotopic (exact) mass is 307 g/mol. The molecule has 66 valence electrons. The summed E-state index contributed by atoms with van der Waals surface area (Å²) in [5.74, 6) is 0. The third-order valence-electron chi connectivity index (χ3n) is 1.15. The van der Waals surface area contributed by atoms with Gasteiger partial charge in [0.25, 0.3) is 0 Å². The van der Waals surface area contributed by atoms with E-state index in [9.17, 15) is 8.42 Å². The van der Waals surface area contributed by atoms with Gasteiger partial charge in [0.1, 0.15) is 0 Å². The first-order valence-corrected chi connectivity index (χ1v) is 6.45. The second-order valence-electron chi connectivity index (χ2n) is 2.20. The summed E-state index contributed by atoms with van der Waals surface area (Å²) in [4.78, 5) is 0. The van der Waals surface area contributed by atoms with E-state index in [0.717, 1.165) is 0 Å². The Bertz CT molecular complexity index is 227. The van der Waals surface area contributed by atoms with Crippen LogP contribution >= 0.6 is 34.8 Å². The van der Waals surface area contributed by atoms with Crippen LogP contribution in [0.25, 0.3) is 0 Å². The molecule has 0 aromatic carbocycles. The van der Waals surface area contributed by atoms with Crippen LogP contribution in [-0.2, 0) is 10.0 Å². The van der Waals surface area contributed by atoms with E-state index in [2.05, 4.69) is 34.8 Å². The molecule has 0 aliphatic rings. The fraction of sp³-hybridized carbons (Fsp3) is 0.800. The van der Waals surface area contributed by atoms with Gasteiger partial charge in [-0.2, -0.15) is 0 Å². The smallest absolute Gasteiger partial charge is 0.210 e. The molecule has 0 aliphatic carbocycles. The summed E-state index contributed by atoms with van der Waals surface area (Å²) in [6.07, 6.45) is 1.18. The molecule has 0 rings (SSSR count). The van der Waals surface area contributed by atoms with E-state index in [1.807, 2.05) is 0 Å². The number of halogens is 1. The molecule has 0 fully saturated rings. The molecule has 0 amide bonds. The third kappa shape index (κ3) is 5.05. The molecule has 0 aliphatic heterocycles. The van der Waals surface area contributed by atoms with E-state index in [1.165, 1.54) is 10.6 Å². The predicted octanol–water partition coefficient (Wildman–Crippen LogP) is 0.681. The first kappa shape index (κ1) is 11.7. The molecule has 3 nitrogen and oxygen atoms in total. The Morgan fingerprint density at radius 3 is 2.45 bits per heavy atom. The highest BCUT2D eigenvalue weighted by atomic mass is 127. The molecule has 0 spiro atoms. The van der Waals surface area contributed by atoms with Crippen LogP contribution in [0.15, 0.2) is 0 Å². The van der Waals surface area contributed by atoms with E-state index in [4.69, 9.17) is 0 Å². The molecule has 0 saturated heterocycles. The van der Waals surface area contributed by atoms with Crippen molar-refractivity contribution in [1.82, 2.24) is 4.31 Å². The molecule has 0 aromatic heterocycles. The summed E-state index contributed by atoms with van der Waals surface area (Å²) < 4.78 is 23.1. The van der Waals surface area contributed by atoms with Crippen molar-refractivity contribution in [2.75, 3.05) is 19.8 Å². The maximum Gasteiger partial charge on any atom is 0.210 e. The normalized spacial score (nSPS) is 14.9. The maximum absolute atomic E-state index is 10.9. The van der Waals surface area contributed by atoms with Crippen molar-refractivity contribution in [2.45, 2.75) is 3.92 Å². The molecular weight excluding hydrogens is 297 g/mol. The lowest BCUT2D eigenvalue weighted by atomic mass is 10.5. The van der Waals surface area contributed by atoms with Crippen LogP contribution in [-0.4, -0.2) is 41.9 Å². The maximum atomic E-state index is 10.9. The summed E-state index contributed by atoms with van der Waals surface area (Å²) >= 11 is 6.76. The first-order chi connectivity index (χ1) is 4.88. The van der Waals surface area contributed by atoms with Gasteiger partial charge in [0.2, 0.25) is 10.0 Å². The topological polar surface area (TPSA) is 37.4 Å². The molecule has 1 unspecified atom stereocenters. The molecule has 0 N–H and O–H groups in total. The van der Waals surface area contributed by atoms with Crippen molar-refractivity contribution >= 4 is 50.2 Å². The Morgan fingerprint density at radius 1 is 1.73 bits per heavy atom. The van der Waals surface area contributed by atoms with Crippen LogP contribution in [0.3, 0.4) is 0 Å². The quantitative estimate of drug-likeness (QED) is 0.435. The summed E-state index contributed by atoms with van der Waals surface area (Å²) in [5.41, 5.74) is 0. The minimum Gasteiger partial charge on any atom is -0.213 e. The van der Waals surface area contributed by atoms with Crippen molar-refractivity contribution in [1.29, 1.82) is 0 Å². The van der Waals surface area contributed by atoms with Gasteiger partial charge in [-0.3, -0.25) is 0 Å². The summed E-state index contributed by atoms with van der Waals surface area (Å²) in [7, 11) is -1.50. The van der Waals surface area contributed by atoms with Crippen LogP contribution in [0.1, 0.15) is 0 Å². The zero-order valence-corrected chi connectivity index (χ0v) is 10.1. The molecule has 11 heavy (non-hydrogen) atoms. The van der Waals surface area contributed by atoms with Crippen LogP contribution < -0.4 is 0 Å². The van der Waals surface area contributed by atoms with E-state index < -0.39 is 10.0 Å². The van der Waals surface area contributed by atoms with Crippen LogP contribution in [0, 0.1) is 0 Å².